The number of hydrogen-bond acceptors (Lipinski definition) is 3. The molecule has 0 aliphatic heterocycles. The molecule has 0 aromatic heterocycles. The summed E-state index contributed by atoms with van der Waals surface area (Å²) in [6.07, 6.45) is 5.33. The van der Waals surface area contributed by atoms with Crippen LogP contribution in [0.15, 0.2) is 0 Å². The van der Waals surface area contributed by atoms with Crippen molar-refractivity contribution in [1.29, 1.82) is 0 Å². The van der Waals surface area contributed by atoms with E-state index in [1.165, 1.54) is 6.42 Å². The first-order chi connectivity index (χ1) is 5.34. The van der Waals surface area contributed by atoms with Crippen LogP contribution in [0, 0.1) is 0 Å². The average molecular weight is 175 g/mol. The summed E-state index contributed by atoms with van der Waals surface area (Å²) < 4.78 is 0. The first kappa shape index (κ1) is 9.36. The van der Waals surface area contributed by atoms with Crippen molar-refractivity contribution in [3.63, 3.8) is 0 Å². The van der Waals surface area contributed by atoms with Crippen LogP contribution in [0.5, 0.6) is 0 Å². The minimum absolute atomic E-state index is 0.0862. The van der Waals surface area contributed by atoms with Gasteiger partial charge in [0, 0.05) is 18.3 Å². The minimum Gasteiger partial charge on any atom is -0.392 e. The van der Waals surface area contributed by atoms with E-state index in [1.807, 2.05) is 11.8 Å². The summed E-state index contributed by atoms with van der Waals surface area (Å²) in [5.41, 5.74) is 0. The lowest BCUT2D eigenvalue weighted by molar-refractivity contribution is 0.150. The third-order valence-corrected chi connectivity index (χ3v) is 2.80. The Morgan fingerprint density at radius 3 is 2.91 bits per heavy atom. The van der Waals surface area contributed by atoms with Crippen LogP contribution < -0.4 is 5.32 Å². The van der Waals surface area contributed by atoms with Gasteiger partial charge in [-0.3, -0.25) is 0 Å². The molecule has 11 heavy (non-hydrogen) atoms. The maximum absolute atomic E-state index is 9.42. The van der Waals surface area contributed by atoms with Crippen LogP contribution in [-0.4, -0.2) is 35.8 Å². The Balaban J connectivity index is 2.05. The standard InChI is InChI=1S/C8H17NOS/c1-11-6-5-9-7-3-2-4-8(7)10/h7-10H,2-6H2,1H3. The SMILES string of the molecule is CSCCNC1CCCC1O. The van der Waals surface area contributed by atoms with E-state index in [9.17, 15) is 5.11 Å². The van der Waals surface area contributed by atoms with E-state index in [4.69, 9.17) is 0 Å². The maximum atomic E-state index is 9.42. The second-order valence-electron chi connectivity index (χ2n) is 3.05. The lowest BCUT2D eigenvalue weighted by Gasteiger charge is -2.15. The van der Waals surface area contributed by atoms with E-state index in [-0.39, 0.29) is 6.10 Å². The third-order valence-electron chi connectivity index (χ3n) is 2.19. The summed E-state index contributed by atoms with van der Waals surface area (Å²) in [6.45, 7) is 1.03. The molecule has 1 aliphatic carbocycles. The molecular formula is C8H17NOS. The Hall–Kier alpha value is 0.270. The molecule has 0 radical (unpaired) electrons. The maximum Gasteiger partial charge on any atom is 0.0693 e. The molecule has 1 saturated carbocycles. The van der Waals surface area contributed by atoms with Crippen LogP contribution in [0.25, 0.3) is 0 Å². The number of hydrogen-bond donors (Lipinski definition) is 2. The summed E-state index contributed by atoms with van der Waals surface area (Å²) in [5.74, 6) is 1.14. The fourth-order valence-corrected chi connectivity index (χ4v) is 1.85. The predicted molar refractivity (Wildman–Crippen MR) is 50.0 cm³/mol. The zero-order valence-corrected chi connectivity index (χ0v) is 7.86. The summed E-state index contributed by atoms with van der Waals surface area (Å²) in [7, 11) is 0. The smallest absolute Gasteiger partial charge is 0.0693 e. The van der Waals surface area contributed by atoms with Crippen molar-refractivity contribution in [2.45, 2.75) is 31.4 Å². The number of rotatable bonds is 4. The van der Waals surface area contributed by atoms with Crippen LogP contribution >= 0.6 is 11.8 Å². The van der Waals surface area contributed by atoms with E-state index in [0.717, 1.165) is 25.1 Å². The highest BCUT2D eigenvalue weighted by Crippen LogP contribution is 2.18. The molecule has 1 fully saturated rings. The van der Waals surface area contributed by atoms with Crippen molar-refractivity contribution in [2.75, 3.05) is 18.6 Å². The fourth-order valence-electron chi connectivity index (χ4n) is 1.52. The number of nitrogens with one attached hydrogen (secondary N) is 1. The topological polar surface area (TPSA) is 32.3 Å². The molecule has 0 aromatic rings. The average Bonchev–Trinajstić information content (AvgIpc) is 2.37. The van der Waals surface area contributed by atoms with Crippen molar-refractivity contribution in [1.82, 2.24) is 5.32 Å². The molecule has 2 unspecified atom stereocenters. The van der Waals surface area contributed by atoms with Crippen LogP contribution in [0.1, 0.15) is 19.3 Å². The van der Waals surface area contributed by atoms with Gasteiger partial charge < -0.3 is 10.4 Å². The van der Waals surface area contributed by atoms with Gasteiger partial charge in [-0.1, -0.05) is 0 Å². The van der Waals surface area contributed by atoms with Gasteiger partial charge in [0.25, 0.3) is 0 Å². The lowest BCUT2D eigenvalue weighted by Crippen LogP contribution is -2.36. The van der Waals surface area contributed by atoms with Crippen molar-refractivity contribution >= 4 is 11.8 Å². The minimum atomic E-state index is -0.0862. The van der Waals surface area contributed by atoms with Gasteiger partial charge in [-0.2, -0.15) is 11.8 Å². The Bertz CT molecular complexity index is 110. The molecule has 2 atom stereocenters. The van der Waals surface area contributed by atoms with Gasteiger partial charge in [0.1, 0.15) is 0 Å². The van der Waals surface area contributed by atoms with Crippen LogP contribution in [0.4, 0.5) is 0 Å². The van der Waals surface area contributed by atoms with Crippen LogP contribution in [0.3, 0.4) is 0 Å². The predicted octanol–water partition coefficient (Wildman–Crippen LogP) is 0.852. The Morgan fingerprint density at radius 2 is 2.36 bits per heavy atom. The van der Waals surface area contributed by atoms with E-state index < -0.39 is 0 Å². The zero-order valence-electron chi connectivity index (χ0n) is 7.05. The Morgan fingerprint density at radius 1 is 1.55 bits per heavy atom. The molecule has 0 heterocycles. The summed E-state index contributed by atoms with van der Waals surface area (Å²) in [6, 6.07) is 0.377. The molecule has 0 amide bonds. The molecule has 1 rings (SSSR count). The van der Waals surface area contributed by atoms with Gasteiger partial charge in [0.05, 0.1) is 6.10 Å². The first-order valence-electron chi connectivity index (χ1n) is 4.25. The summed E-state index contributed by atoms with van der Waals surface area (Å²) in [5, 5.41) is 12.8. The van der Waals surface area contributed by atoms with Crippen LogP contribution in [-0.2, 0) is 0 Å². The normalized spacial score (nSPS) is 31.1. The largest absolute Gasteiger partial charge is 0.392 e. The zero-order chi connectivity index (χ0) is 8.10. The van der Waals surface area contributed by atoms with E-state index >= 15 is 0 Å². The third kappa shape index (κ3) is 3.01. The molecule has 2 N–H and O–H groups in total. The first-order valence-corrected chi connectivity index (χ1v) is 5.64. The summed E-state index contributed by atoms with van der Waals surface area (Å²) in [4.78, 5) is 0. The van der Waals surface area contributed by atoms with Gasteiger partial charge in [-0.15, -0.1) is 0 Å². The summed E-state index contributed by atoms with van der Waals surface area (Å²) >= 11 is 1.84. The van der Waals surface area contributed by atoms with Gasteiger partial charge in [-0.05, 0) is 25.5 Å². The number of thioether (sulfide) groups is 1. The van der Waals surface area contributed by atoms with Crippen LogP contribution in [0.2, 0.25) is 0 Å². The van der Waals surface area contributed by atoms with E-state index in [1.54, 1.807) is 0 Å². The molecule has 1 aliphatic rings. The highest BCUT2D eigenvalue weighted by atomic mass is 32.2. The number of aliphatic hydroxyl groups is 1. The molecule has 0 saturated heterocycles. The molecule has 66 valence electrons. The molecule has 3 heteroatoms. The Labute approximate surface area is 72.8 Å². The van der Waals surface area contributed by atoms with Gasteiger partial charge >= 0.3 is 0 Å². The molecule has 2 nitrogen and oxygen atoms in total. The van der Waals surface area contributed by atoms with E-state index in [2.05, 4.69) is 11.6 Å². The quantitative estimate of drug-likeness (QED) is 0.621. The monoisotopic (exact) mass is 175 g/mol. The van der Waals surface area contributed by atoms with Crippen molar-refractivity contribution in [3.8, 4) is 0 Å². The van der Waals surface area contributed by atoms with Gasteiger partial charge in [0.2, 0.25) is 0 Å². The molecule has 0 aromatic carbocycles. The molecular weight excluding hydrogens is 158 g/mol. The molecule has 0 bridgehead atoms. The molecule has 0 spiro atoms. The van der Waals surface area contributed by atoms with Crippen molar-refractivity contribution in [2.24, 2.45) is 0 Å². The van der Waals surface area contributed by atoms with Crippen molar-refractivity contribution < 1.29 is 5.11 Å². The number of aliphatic hydroxyl groups excluding tert-OH is 1. The van der Waals surface area contributed by atoms with Crippen molar-refractivity contribution in [3.05, 3.63) is 0 Å². The second kappa shape index (κ2) is 5.01. The lowest BCUT2D eigenvalue weighted by atomic mass is 10.2. The second-order valence-corrected chi connectivity index (χ2v) is 4.04. The Kier molecular flexibility index (Phi) is 4.26. The fraction of sp³-hybridized carbons (Fsp3) is 1.00. The van der Waals surface area contributed by atoms with E-state index in [0.29, 0.717) is 6.04 Å². The highest BCUT2D eigenvalue weighted by molar-refractivity contribution is 7.98. The highest BCUT2D eigenvalue weighted by Gasteiger charge is 2.23. The van der Waals surface area contributed by atoms with Gasteiger partial charge in [0.15, 0.2) is 0 Å². The van der Waals surface area contributed by atoms with Gasteiger partial charge in [-0.25, -0.2) is 0 Å².